The molecule has 3 aromatic rings. The first-order chi connectivity index (χ1) is 17.1. The molecule has 10 nitrogen and oxygen atoms in total. The van der Waals surface area contributed by atoms with Crippen molar-refractivity contribution in [3.05, 3.63) is 74.6 Å². The normalized spacial score (nSPS) is 11.8. The number of benzene rings is 2. The first kappa shape index (κ1) is 27.2. The Morgan fingerprint density at radius 2 is 1.94 bits per heavy atom. The highest BCUT2D eigenvalue weighted by Crippen LogP contribution is 2.26. The lowest BCUT2D eigenvalue weighted by atomic mass is 10.0. The maximum Gasteiger partial charge on any atom is 0.270 e. The second-order valence-corrected chi connectivity index (χ2v) is 9.76. The maximum absolute atomic E-state index is 12.9. The van der Waals surface area contributed by atoms with Crippen molar-refractivity contribution in [1.82, 2.24) is 20.1 Å². The number of aromatic nitrogens is 3. The molecule has 0 unspecified atom stereocenters. The predicted molar refractivity (Wildman–Crippen MR) is 139 cm³/mol. The number of carbonyl (C=O) groups excluding carboxylic acids is 2. The first-order valence-electron chi connectivity index (χ1n) is 11.3. The summed E-state index contributed by atoms with van der Waals surface area (Å²) in [6.45, 7) is 8.19. The van der Waals surface area contributed by atoms with Gasteiger partial charge in [0.25, 0.3) is 11.6 Å². The lowest BCUT2D eigenvalue weighted by Gasteiger charge is -2.22. The van der Waals surface area contributed by atoms with Crippen LogP contribution >= 0.6 is 23.4 Å². The number of nitrogens with zero attached hydrogens (tertiary/aromatic N) is 4. The second-order valence-electron chi connectivity index (χ2n) is 8.38. The smallest absolute Gasteiger partial charge is 0.270 e. The van der Waals surface area contributed by atoms with Gasteiger partial charge in [0.05, 0.1) is 16.7 Å². The van der Waals surface area contributed by atoms with Gasteiger partial charge in [0.15, 0.2) is 11.0 Å². The van der Waals surface area contributed by atoms with Gasteiger partial charge in [-0.15, -0.1) is 10.2 Å². The van der Waals surface area contributed by atoms with Gasteiger partial charge in [-0.2, -0.15) is 0 Å². The maximum atomic E-state index is 12.9. The molecule has 0 aliphatic heterocycles. The summed E-state index contributed by atoms with van der Waals surface area (Å²) in [5, 5.41) is 26.5. The first-order valence-corrected chi connectivity index (χ1v) is 12.6. The summed E-state index contributed by atoms with van der Waals surface area (Å²) in [5.74, 6) is -0.0596. The Kier molecular flexibility index (Phi) is 9.05. The summed E-state index contributed by atoms with van der Waals surface area (Å²) >= 11 is 7.27. The highest BCUT2D eigenvalue weighted by Gasteiger charge is 2.26. The molecule has 190 valence electrons. The molecule has 0 fully saturated rings. The van der Waals surface area contributed by atoms with Crippen LogP contribution in [-0.4, -0.2) is 37.3 Å². The zero-order valence-corrected chi connectivity index (χ0v) is 21.9. The van der Waals surface area contributed by atoms with Crippen molar-refractivity contribution < 1.29 is 14.5 Å². The third-order valence-corrected chi connectivity index (χ3v) is 6.62. The Balaban J connectivity index is 1.74. The molecule has 0 aliphatic carbocycles. The molecule has 1 aromatic heterocycles. The number of non-ortho nitro benzene ring substituents is 1. The number of carbonyl (C=O) groups is 2. The lowest BCUT2D eigenvalue weighted by Crippen LogP contribution is -2.33. The van der Waals surface area contributed by atoms with E-state index in [2.05, 4.69) is 20.8 Å². The predicted octanol–water partition coefficient (Wildman–Crippen LogP) is 5.03. The fraction of sp³-hybridized carbons (Fsp3) is 0.333. The molecule has 2 amide bonds. The largest absolute Gasteiger partial charge is 0.342 e. The van der Waals surface area contributed by atoms with Crippen LogP contribution in [0.2, 0.25) is 5.02 Å². The summed E-state index contributed by atoms with van der Waals surface area (Å²) in [4.78, 5) is 36.0. The highest BCUT2D eigenvalue weighted by molar-refractivity contribution is 7.99. The van der Waals surface area contributed by atoms with Crippen LogP contribution in [0.1, 0.15) is 48.6 Å². The van der Waals surface area contributed by atoms with Crippen LogP contribution in [0.25, 0.3) is 0 Å². The number of hydrogen-bond acceptors (Lipinski definition) is 7. The van der Waals surface area contributed by atoms with Crippen molar-refractivity contribution in [2.24, 2.45) is 5.92 Å². The van der Waals surface area contributed by atoms with E-state index < -0.39 is 16.9 Å². The van der Waals surface area contributed by atoms with E-state index in [-0.39, 0.29) is 28.8 Å². The van der Waals surface area contributed by atoms with E-state index >= 15 is 0 Å². The van der Waals surface area contributed by atoms with Crippen molar-refractivity contribution in [3.8, 4) is 0 Å². The Labute approximate surface area is 218 Å². The van der Waals surface area contributed by atoms with E-state index in [0.29, 0.717) is 28.2 Å². The number of nitro groups is 1. The molecule has 3 rings (SSSR count). The monoisotopic (exact) mass is 530 g/mol. The number of anilines is 1. The summed E-state index contributed by atoms with van der Waals surface area (Å²) in [7, 11) is 0. The minimum Gasteiger partial charge on any atom is -0.342 e. The molecule has 0 radical (unpaired) electrons. The molecular weight excluding hydrogens is 504 g/mol. The fourth-order valence-electron chi connectivity index (χ4n) is 3.49. The summed E-state index contributed by atoms with van der Waals surface area (Å²) in [6.07, 6.45) is 0. The van der Waals surface area contributed by atoms with Gasteiger partial charge in [-0.1, -0.05) is 49.3 Å². The Morgan fingerprint density at radius 3 is 2.61 bits per heavy atom. The van der Waals surface area contributed by atoms with Gasteiger partial charge in [0.1, 0.15) is 0 Å². The molecule has 0 saturated heterocycles. The molecule has 2 N–H and O–H groups in total. The third-order valence-electron chi connectivity index (χ3n) is 5.42. The van der Waals surface area contributed by atoms with Crippen molar-refractivity contribution >= 4 is 46.6 Å². The Hall–Kier alpha value is -3.44. The van der Waals surface area contributed by atoms with Gasteiger partial charge < -0.3 is 15.2 Å². The van der Waals surface area contributed by atoms with Crippen molar-refractivity contribution in [3.63, 3.8) is 0 Å². The zero-order chi connectivity index (χ0) is 26.4. The van der Waals surface area contributed by atoms with E-state index in [9.17, 15) is 19.7 Å². The SMILES string of the molecule is CCn1c(SCC(=O)Nc2cc(Cl)ccc2C)nnc1[C@H](NC(=O)c1cccc([N+](=O)[O-])c1)C(C)C. The van der Waals surface area contributed by atoms with Crippen molar-refractivity contribution in [1.29, 1.82) is 0 Å². The van der Waals surface area contributed by atoms with Crippen LogP contribution in [0.3, 0.4) is 0 Å². The molecule has 0 spiro atoms. The Bertz CT molecular complexity index is 1280. The number of rotatable bonds is 10. The van der Waals surface area contributed by atoms with Crippen LogP contribution in [0.5, 0.6) is 0 Å². The van der Waals surface area contributed by atoms with Gasteiger partial charge in [-0.05, 0) is 43.5 Å². The highest BCUT2D eigenvalue weighted by atomic mass is 35.5. The average molecular weight is 531 g/mol. The van der Waals surface area contributed by atoms with Gasteiger partial charge in [0, 0.05) is 35.0 Å². The number of amides is 2. The number of hydrogen-bond donors (Lipinski definition) is 2. The van der Waals surface area contributed by atoms with Crippen molar-refractivity contribution in [2.45, 2.75) is 45.4 Å². The number of nitrogens with one attached hydrogen (secondary N) is 2. The van der Waals surface area contributed by atoms with Crippen LogP contribution in [0.15, 0.2) is 47.6 Å². The molecule has 1 atom stereocenters. The summed E-state index contributed by atoms with van der Waals surface area (Å²) in [6, 6.07) is 10.3. The minimum absolute atomic E-state index is 0.0471. The van der Waals surface area contributed by atoms with E-state index in [1.807, 2.05) is 38.3 Å². The zero-order valence-electron chi connectivity index (χ0n) is 20.3. The quantitative estimate of drug-likeness (QED) is 0.213. The number of nitro benzene ring substituents is 1. The van der Waals surface area contributed by atoms with Crippen molar-refractivity contribution in [2.75, 3.05) is 11.1 Å². The molecule has 0 saturated carbocycles. The molecule has 2 aromatic carbocycles. The van der Waals surface area contributed by atoms with E-state index in [4.69, 9.17) is 11.6 Å². The van der Waals surface area contributed by atoms with Crippen LogP contribution in [0.4, 0.5) is 11.4 Å². The lowest BCUT2D eigenvalue weighted by molar-refractivity contribution is -0.384. The van der Waals surface area contributed by atoms with Gasteiger partial charge >= 0.3 is 0 Å². The number of thioether (sulfide) groups is 1. The van der Waals surface area contributed by atoms with Crippen LogP contribution in [0, 0.1) is 23.0 Å². The Morgan fingerprint density at radius 1 is 1.19 bits per heavy atom. The average Bonchev–Trinajstić information content (AvgIpc) is 3.25. The van der Waals surface area contributed by atoms with Crippen LogP contribution < -0.4 is 10.6 Å². The van der Waals surface area contributed by atoms with Gasteiger partial charge in [-0.3, -0.25) is 19.7 Å². The van der Waals surface area contributed by atoms with E-state index in [1.54, 1.807) is 12.1 Å². The molecule has 0 bridgehead atoms. The standard InChI is InChI=1S/C24H27ClN6O4S/c1-5-30-22(21(14(2)3)27-23(33)16-7-6-8-18(11-16)31(34)35)28-29-24(30)36-13-20(32)26-19-12-17(25)10-9-15(19)4/h6-12,14,21H,5,13H2,1-4H3,(H,26,32)(H,27,33)/t21-/m1/s1. The molecule has 36 heavy (non-hydrogen) atoms. The fourth-order valence-corrected chi connectivity index (χ4v) is 4.48. The topological polar surface area (TPSA) is 132 Å². The number of halogens is 1. The molecular formula is C24H27ClN6O4S. The molecule has 1 heterocycles. The van der Waals surface area contributed by atoms with Gasteiger partial charge in [0.2, 0.25) is 5.91 Å². The second kappa shape index (κ2) is 12.0. The summed E-state index contributed by atoms with van der Waals surface area (Å²) < 4.78 is 1.85. The third kappa shape index (κ3) is 6.61. The molecule has 0 aliphatic rings. The molecule has 12 heteroatoms. The number of aryl methyl sites for hydroxylation is 1. The van der Waals surface area contributed by atoms with E-state index in [0.717, 1.165) is 5.56 Å². The summed E-state index contributed by atoms with van der Waals surface area (Å²) in [5.41, 5.74) is 1.57. The minimum atomic E-state index is -0.544. The van der Waals surface area contributed by atoms with Crippen LogP contribution in [-0.2, 0) is 11.3 Å². The van der Waals surface area contributed by atoms with E-state index in [1.165, 1.54) is 36.0 Å². The van der Waals surface area contributed by atoms with Gasteiger partial charge in [-0.25, -0.2) is 0 Å².